The highest BCUT2D eigenvalue weighted by Crippen LogP contribution is 2.30. The topological polar surface area (TPSA) is 128 Å². The molecule has 13 heteroatoms. The fourth-order valence-corrected chi connectivity index (χ4v) is 6.88. The number of benzene rings is 3. The molecule has 1 N–H and O–H groups in total. The van der Waals surface area contributed by atoms with Gasteiger partial charge in [-0.15, -0.1) is 11.3 Å². The number of nitrogens with one attached hydrogen (secondary N) is 1. The zero-order valence-electron chi connectivity index (χ0n) is 22.8. The zero-order valence-corrected chi connectivity index (χ0v) is 26.0. The standard InChI is InChI=1S/C32H17BrN6O4S2/c33-22-8-5-7-18-13-20(29(40)43-28(18)22)24-16-44-31(35-24)37-34-14-19-15-39(32-36-23-9-2-4-11-26(23)45-32)38-27(19)21-12-17-6-1-3-10-25(17)42-30(21)41/h1-16H,(H,35,37)/b34-14+. The van der Waals surface area contributed by atoms with Crippen LogP contribution in [-0.2, 0) is 0 Å². The number of rotatable bonds is 6. The number of nitrogens with zero attached hydrogens (tertiary/aromatic N) is 5. The molecule has 5 heterocycles. The second kappa shape index (κ2) is 11.0. The molecule has 0 aliphatic rings. The highest BCUT2D eigenvalue weighted by atomic mass is 79.9. The van der Waals surface area contributed by atoms with Crippen LogP contribution in [0.25, 0.3) is 59.8 Å². The van der Waals surface area contributed by atoms with Gasteiger partial charge in [-0.3, -0.25) is 5.43 Å². The van der Waals surface area contributed by atoms with Gasteiger partial charge in [0.1, 0.15) is 11.3 Å². The smallest absolute Gasteiger partial charge is 0.345 e. The van der Waals surface area contributed by atoms with Crippen molar-refractivity contribution in [2.45, 2.75) is 0 Å². The van der Waals surface area contributed by atoms with Crippen LogP contribution >= 0.6 is 38.6 Å². The number of hydrazone groups is 1. The highest BCUT2D eigenvalue weighted by molar-refractivity contribution is 9.10. The Kier molecular flexibility index (Phi) is 6.70. The molecule has 3 aromatic carbocycles. The van der Waals surface area contributed by atoms with Gasteiger partial charge in [0, 0.05) is 27.9 Å². The van der Waals surface area contributed by atoms with Gasteiger partial charge in [-0.2, -0.15) is 10.2 Å². The first-order valence-electron chi connectivity index (χ1n) is 13.5. The lowest BCUT2D eigenvalue weighted by atomic mass is 10.1. The summed E-state index contributed by atoms with van der Waals surface area (Å²) in [6.45, 7) is 0. The molecule has 45 heavy (non-hydrogen) atoms. The first-order valence-corrected chi connectivity index (χ1v) is 16.0. The maximum Gasteiger partial charge on any atom is 0.345 e. The maximum absolute atomic E-state index is 13.1. The van der Waals surface area contributed by atoms with Gasteiger partial charge < -0.3 is 8.83 Å². The average Bonchev–Trinajstić information content (AvgIpc) is 3.80. The molecule has 0 amide bonds. The molecule has 0 saturated carbocycles. The summed E-state index contributed by atoms with van der Waals surface area (Å²) in [5.41, 5.74) is 5.78. The molecule has 0 fully saturated rings. The first kappa shape index (κ1) is 27.3. The zero-order chi connectivity index (χ0) is 30.5. The van der Waals surface area contributed by atoms with Crippen molar-refractivity contribution in [3.63, 3.8) is 0 Å². The van der Waals surface area contributed by atoms with E-state index in [4.69, 9.17) is 18.9 Å². The van der Waals surface area contributed by atoms with Crippen LogP contribution in [0.3, 0.4) is 0 Å². The average molecular weight is 694 g/mol. The second-order valence-corrected chi connectivity index (χ2v) is 12.6. The summed E-state index contributed by atoms with van der Waals surface area (Å²) in [5.74, 6) is 0. The first-order chi connectivity index (χ1) is 22.0. The lowest BCUT2D eigenvalue weighted by Gasteiger charge is -2.01. The highest BCUT2D eigenvalue weighted by Gasteiger charge is 2.18. The molecule has 0 bridgehead atoms. The van der Waals surface area contributed by atoms with Gasteiger partial charge >= 0.3 is 11.3 Å². The Morgan fingerprint density at radius 3 is 2.60 bits per heavy atom. The van der Waals surface area contributed by atoms with E-state index in [0.717, 1.165) is 21.0 Å². The summed E-state index contributed by atoms with van der Waals surface area (Å²) in [6.07, 6.45) is 3.32. The second-order valence-electron chi connectivity index (χ2n) is 9.84. The molecule has 0 radical (unpaired) electrons. The van der Waals surface area contributed by atoms with Crippen molar-refractivity contribution in [2.24, 2.45) is 5.10 Å². The van der Waals surface area contributed by atoms with E-state index in [-0.39, 0.29) is 0 Å². The van der Waals surface area contributed by atoms with Crippen LogP contribution in [0.4, 0.5) is 5.13 Å². The SMILES string of the molecule is O=c1oc2c(Br)cccc2cc1-c1csc(N/N=C/c2cn(-c3nc4ccccc4s3)nc2-c2cc3ccccc3oc2=O)n1. The number of thiazole rings is 2. The van der Waals surface area contributed by atoms with Crippen LogP contribution in [0.5, 0.6) is 0 Å². The fraction of sp³-hybridized carbons (Fsp3) is 0. The fourth-order valence-electron chi connectivity index (χ4n) is 4.87. The molecule has 0 atom stereocenters. The number of aromatic nitrogens is 4. The van der Waals surface area contributed by atoms with E-state index in [1.165, 1.54) is 22.7 Å². The van der Waals surface area contributed by atoms with E-state index >= 15 is 0 Å². The van der Waals surface area contributed by atoms with Crippen LogP contribution < -0.4 is 16.7 Å². The van der Waals surface area contributed by atoms with E-state index in [0.29, 0.717) is 54.0 Å². The van der Waals surface area contributed by atoms with Crippen molar-refractivity contribution in [3.05, 3.63) is 121 Å². The number of fused-ring (bicyclic) bond motifs is 3. The summed E-state index contributed by atoms with van der Waals surface area (Å²) in [5, 5.41) is 13.5. The Morgan fingerprint density at radius 2 is 1.69 bits per heavy atom. The summed E-state index contributed by atoms with van der Waals surface area (Å²) in [4.78, 5) is 35.1. The Bertz CT molecular complexity index is 2530. The van der Waals surface area contributed by atoms with E-state index < -0.39 is 11.3 Å². The van der Waals surface area contributed by atoms with Crippen molar-refractivity contribution in [1.29, 1.82) is 0 Å². The van der Waals surface area contributed by atoms with E-state index in [1.807, 2.05) is 60.7 Å². The quantitative estimate of drug-likeness (QED) is 0.107. The van der Waals surface area contributed by atoms with Crippen LogP contribution in [0, 0.1) is 0 Å². The molecule has 0 saturated heterocycles. The van der Waals surface area contributed by atoms with Crippen molar-refractivity contribution < 1.29 is 8.83 Å². The summed E-state index contributed by atoms with van der Waals surface area (Å²) < 4.78 is 14.5. The Hall–Kier alpha value is -5.24. The lowest BCUT2D eigenvalue weighted by molar-refractivity contribution is 0.561. The van der Waals surface area contributed by atoms with Crippen LogP contribution in [-0.4, -0.2) is 26.0 Å². The van der Waals surface area contributed by atoms with Crippen LogP contribution in [0.2, 0.25) is 0 Å². The number of hydrogen-bond donors (Lipinski definition) is 1. The Labute approximate surface area is 269 Å². The van der Waals surface area contributed by atoms with E-state index in [2.05, 4.69) is 31.4 Å². The largest absolute Gasteiger partial charge is 0.422 e. The molecular formula is C32H17BrN6O4S2. The van der Waals surface area contributed by atoms with Gasteiger partial charge in [-0.05, 0) is 52.3 Å². The predicted molar refractivity (Wildman–Crippen MR) is 181 cm³/mol. The van der Waals surface area contributed by atoms with Crippen molar-refractivity contribution in [3.8, 4) is 27.6 Å². The molecule has 8 aromatic rings. The van der Waals surface area contributed by atoms with Gasteiger partial charge in [-0.25, -0.2) is 24.2 Å². The molecule has 10 nitrogen and oxygen atoms in total. The van der Waals surface area contributed by atoms with Crippen molar-refractivity contribution >= 4 is 82.1 Å². The van der Waals surface area contributed by atoms with Gasteiger partial charge in [0.2, 0.25) is 10.3 Å². The van der Waals surface area contributed by atoms with E-state index in [9.17, 15) is 9.59 Å². The summed E-state index contributed by atoms with van der Waals surface area (Å²) in [6, 6.07) is 24.2. The summed E-state index contributed by atoms with van der Waals surface area (Å²) >= 11 is 6.18. The molecule has 0 aliphatic heterocycles. The molecule has 0 aliphatic carbocycles. The third-order valence-electron chi connectivity index (χ3n) is 6.97. The van der Waals surface area contributed by atoms with Crippen LogP contribution in [0.1, 0.15) is 5.56 Å². The number of hydrogen-bond acceptors (Lipinski definition) is 11. The Balaban J connectivity index is 1.15. The molecule has 5 aromatic heterocycles. The normalized spacial score (nSPS) is 11.8. The van der Waals surface area contributed by atoms with Crippen molar-refractivity contribution in [2.75, 3.05) is 5.43 Å². The van der Waals surface area contributed by atoms with Gasteiger partial charge in [-0.1, -0.05) is 53.8 Å². The van der Waals surface area contributed by atoms with Crippen LogP contribution in [0.15, 0.2) is 118 Å². The maximum atomic E-state index is 13.1. The molecule has 0 spiro atoms. The third-order valence-corrected chi connectivity index (χ3v) is 9.37. The Morgan fingerprint density at radius 1 is 0.889 bits per heavy atom. The van der Waals surface area contributed by atoms with Gasteiger partial charge in [0.15, 0.2) is 5.58 Å². The van der Waals surface area contributed by atoms with Gasteiger partial charge in [0.25, 0.3) is 0 Å². The minimum atomic E-state index is -0.517. The molecule has 8 rings (SSSR count). The number of anilines is 1. The minimum absolute atomic E-state index is 0.293. The third kappa shape index (κ3) is 5.06. The van der Waals surface area contributed by atoms with Gasteiger partial charge in [0.05, 0.1) is 37.7 Å². The number of halogens is 1. The number of para-hydroxylation sites is 3. The lowest BCUT2D eigenvalue weighted by Crippen LogP contribution is -2.05. The monoisotopic (exact) mass is 692 g/mol. The molecular weight excluding hydrogens is 676 g/mol. The molecule has 218 valence electrons. The minimum Gasteiger partial charge on any atom is -0.422 e. The summed E-state index contributed by atoms with van der Waals surface area (Å²) in [7, 11) is 0. The van der Waals surface area contributed by atoms with Crippen molar-refractivity contribution in [1.82, 2.24) is 19.7 Å². The molecule has 0 unspecified atom stereocenters. The predicted octanol–water partition coefficient (Wildman–Crippen LogP) is 7.69. The van der Waals surface area contributed by atoms with E-state index in [1.54, 1.807) is 40.7 Å².